The number of carbonyl (C=O) groups excluding carboxylic acids is 3. The van der Waals surface area contributed by atoms with Crippen molar-refractivity contribution < 1.29 is 37.0 Å². The molecule has 0 unspecified atom stereocenters. The molecule has 3 fully saturated rings. The Balaban J connectivity index is 1.37. The van der Waals surface area contributed by atoms with Crippen molar-refractivity contribution in [2.75, 3.05) is 11.9 Å². The number of anilines is 1. The molecule has 1 saturated heterocycles. The summed E-state index contributed by atoms with van der Waals surface area (Å²) in [4.78, 5) is 36.2. The zero-order chi connectivity index (χ0) is 19.3. The molecule has 5 atom stereocenters. The van der Waals surface area contributed by atoms with Gasteiger partial charge in [-0.05, 0) is 30.9 Å². The number of amides is 1. The van der Waals surface area contributed by atoms with E-state index < -0.39 is 53.7 Å². The van der Waals surface area contributed by atoms with E-state index in [1.54, 1.807) is 0 Å². The molecule has 2 aliphatic carbocycles. The SMILES string of the molecule is O=C(COC(=O)[C@@H]1[C@@H]2C[C@@H]3[C@@H]1C(=O)O[C@@H]3C2)Nc1ccccc1C(F)(F)F. The molecular formula is C18H16F3NO5. The van der Waals surface area contributed by atoms with Gasteiger partial charge in [0.2, 0.25) is 0 Å². The molecule has 1 aromatic rings. The summed E-state index contributed by atoms with van der Waals surface area (Å²) in [5.41, 5.74) is -1.40. The van der Waals surface area contributed by atoms with Crippen LogP contribution in [0.5, 0.6) is 0 Å². The first-order valence-corrected chi connectivity index (χ1v) is 8.59. The van der Waals surface area contributed by atoms with E-state index in [0.29, 0.717) is 12.8 Å². The molecule has 4 rings (SSSR count). The third-order valence-corrected chi connectivity index (χ3v) is 5.61. The van der Waals surface area contributed by atoms with Gasteiger partial charge in [-0.1, -0.05) is 12.1 Å². The quantitative estimate of drug-likeness (QED) is 0.808. The average Bonchev–Trinajstić information content (AvgIpc) is 3.21. The van der Waals surface area contributed by atoms with Gasteiger partial charge in [0.05, 0.1) is 23.1 Å². The number of fused-ring (bicyclic) bond motifs is 1. The molecular weight excluding hydrogens is 367 g/mol. The van der Waals surface area contributed by atoms with Crippen LogP contribution in [-0.4, -0.2) is 30.6 Å². The number of nitrogens with one attached hydrogen (secondary N) is 1. The number of para-hydroxylation sites is 1. The summed E-state index contributed by atoms with van der Waals surface area (Å²) in [5.74, 6) is -3.13. The Morgan fingerprint density at radius 1 is 1.22 bits per heavy atom. The monoisotopic (exact) mass is 383 g/mol. The van der Waals surface area contributed by atoms with Crippen LogP contribution >= 0.6 is 0 Å². The highest BCUT2D eigenvalue weighted by Crippen LogP contribution is 2.57. The Kier molecular flexibility index (Phi) is 4.12. The molecule has 144 valence electrons. The number of hydrogen-bond acceptors (Lipinski definition) is 5. The minimum atomic E-state index is -4.62. The summed E-state index contributed by atoms with van der Waals surface area (Å²) >= 11 is 0. The van der Waals surface area contributed by atoms with Gasteiger partial charge in [-0.2, -0.15) is 13.2 Å². The van der Waals surface area contributed by atoms with Crippen molar-refractivity contribution in [3.8, 4) is 0 Å². The molecule has 9 heteroatoms. The van der Waals surface area contributed by atoms with E-state index in [0.717, 1.165) is 12.1 Å². The lowest BCUT2D eigenvalue weighted by Crippen LogP contribution is -2.35. The third kappa shape index (κ3) is 3.04. The summed E-state index contributed by atoms with van der Waals surface area (Å²) < 4.78 is 49.1. The van der Waals surface area contributed by atoms with Gasteiger partial charge in [0.25, 0.3) is 5.91 Å². The lowest BCUT2D eigenvalue weighted by atomic mass is 9.80. The van der Waals surface area contributed by atoms with E-state index in [1.165, 1.54) is 12.1 Å². The predicted octanol–water partition coefficient (Wildman–Crippen LogP) is 2.38. The molecule has 0 spiro atoms. The minimum Gasteiger partial charge on any atom is -0.462 e. The fourth-order valence-electron chi connectivity index (χ4n) is 4.58. The highest BCUT2D eigenvalue weighted by molar-refractivity contribution is 5.94. The molecule has 0 radical (unpaired) electrons. The highest BCUT2D eigenvalue weighted by atomic mass is 19.4. The van der Waals surface area contributed by atoms with E-state index in [2.05, 4.69) is 5.32 Å². The summed E-state index contributed by atoms with van der Waals surface area (Å²) in [6.07, 6.45) is -3.42. The first-order valence-electron chi connectivity index (χ1n) is 8.59. The molecule has 2 bridgehead atoms. The van der Waals surface area contributed by atoms with Crippen molar-refractivity contribution in [3.05, 3.63) is 29.8 Å². The Hall–Kier alpha value is -2.58. The van der Waals surface area contributed by atoms with E-state index in [1.807, 2.05) is 0 Å². The zero-order valence-corrected chi connectivity index (χ0v) is 14.0. The number of carbonyl (C=O) groups is 3. The smallest absolute Gasteiger partial charge is 0.418 e. The van der Waals surface area contributed by atoms with Gasteiger partial charge in [0.15, 0.2) is 6.61 Å². The number of rotatable bonds is 4. The van der Waals surface area contributed by atoms with Crippen LogP contribution in [0.4, 0.5) is 18.9 Å². The van der Waals surface area contributed by atoms with Crippen molar-refractivity contribution in [2.45, 2.75) is 25.1 Å². The van der Waals surface area contributed by atoms with Crippen LogP contribution in [0.25, 0.3) is 0 Å². The predicted molar refractivity (Wildman–Crippen MR) is 84.1 cm³/mol. The van der Waals surface area contributed by atoms with Gasteiger partial charge in [-0.25, -0.2) is 0 Å². The van der Waals surface area contributed by atoms with Gasteiger partial charge >= 0.3 is 18.1 Å². The largest absolute Gasteiger partial charge is 0.462 e. The molecule has 1 amide bonds. The summed E-state index contributed by atoms with van der Waals surface area (Å²) in [5, 5.41) is 2.11. The maximum Gasteiger partial charge on any atom is 0.418 e. The second-order valence-corrected chi connectivity index (χ2v) is 7.12. The number of hydrogen-bond donors (Lipinski definition) is 1. The summed E-state index contributed by atoms with van der Waals surface area (Å²) in [7, 11) is 0. The van der Waals surface area contributed by atoms with Crippen LogP contribution < -0.4 is 5.32 Å². The summed E-state index contributed by atoms with van der Waals surface area (Å²) in [6.45, 7) is -0.718. The fraction of sp³-hybridized carbons (Fsp3) is 0.500. The maximum atomic E-state index is 12.9. The Morgan fingerprint density at radius 2 is 1.96 bits per heavy atom. The van der Waals surface area contributed by atoms with Crippen LogP contribution in [0, 0.1) is 23.7 Å². The van der Waals surface area contributed by atoms with Gasteiger partial charge in [0.1, 0.15) is 6.10 Å². The van der Waals surface area contributed by atoms with Crippen LogP contribution in [-0.2, 0) is 30.0 Å². The topological polar surface area (TPSA) is 81.7 Å². The molecule has 1 heterocycles. The molecule has 1 N–H and O–H groups in total. The normalized spacial score (nSPS) is 30.9. The van der Waals surface area contributed by atoms with Gasteiger partial charge in [-0.15, -0.1) is 0 Å². The summed E-state index contributed by atoms with van der Waals surface area (Å²) in [6, 6.07) is 4.53. The van der Waals surface area contributed by atoms with Gasteiger partial charge in [-0.3, -0.25) is 14.4 Å². The van der Waals surface area contributed by atoms with E-state index in [4.69, 9.17) is 9.47 Å². The first-order chi connectivity index (χ1) is 12.8. The number of esters is 2. The molecule has 2 saturated carbocycles. The van der Waals surface area contributed by atoms with Crippen molar-refractivity contribution in [2.24, 2.45) is 23.7 Å². The lowest BCUT2D eigenvalue weighted by molar-refractivity contribution is -0.157. The Morgan fingerprint density at radius 3 is 2.70 bits per heavy atom. The Bertz CT molecular complexity index is 806. The average molecular weight is 383 g/mol. The van der Waals surface area contributed by atoms with Crippen LogP contribution in [0.15, 0.2) is 24.3 Å². The van der Waals surface area contributed by atoms with Crippen LogP contribution in [0.2, 0.25) is 0 Å². The molecule has 6 nitrogen and oxygen atoms in total. The lowest BCUT2D eigenvalue weighted by Gasteiger charge is -2.22. The molecule has 1 aliphatic heterocycles. The molecule has 1 aromatic carbocycles. The molecule has 0 aromatic heterocycles. The molecule has 3 aliphatic rings. The minimum absolute atomic E-state index is 0.0158. The van der Waals surface area contributed by atoms with Gasteiger partial charge < -0.3 is 14.8 Å². The maximum absolute atomic E-state index is 12.9. The van der Waals surface area contributed by atoms with E-state index >= 15 is 0 Å². The van der Waals surface area contributed by atoms with Crippen molar-refractivity contribution in [1.82, 2.24) is 0 Å². The van der Waals surface area contributed by atoms with E-state index in [9.17, 15) is 27.6 Å². The van der Waals surface area contributed by atoms with Crippen molar-refractivity contribution in [1.29, 1.82) is 0 Å². The standard InChI is InChI=1S/C18H16F3NO5/c19-18(20,21)10-3-1-2-4-11(10)22-13(23)7-26-16(24)14-8-5-9-12(6-8)27-17(25)15(9)14/h1-4,8-9,12,14-15H,5-7H2,(H,22,23)/t8-,9+,12-,14-,15+/m1/s1. The Labute approximate surface area is 152 Å². The van der Waals surface area contributed by atoms with Crippen molar-refractivity contribution >= 4 is 23.5 Å². The molecule has 27 heavy (non-hydrogen) atoms. The fourth-order valence-corrected chi connectivity index (χ4v) is 4.58. The van der Waals surface area contributed by atoms with Gasteiger partial charge in [0, 0.05) is 5.92 Å². The second-order valence-electron chi connectivity index (χ2n) is 7.12. The first kappa shape index (κ1) is 17.8. The second kappa shape index (κ2) is 6.24. The highest BCUT2D eigenvalue weighted by Gasteiger charge is 2.64. The van der Waals surface area contributed by atoms with Crippen LogP contribution in [0.3, 0.4) is 0 Å². The number of halogens is 3. The van der Waals surface area contributed by atoms with Crippen LogP contribution in [0.1, 0.15) is 18.4 Å². The number of alkyl halides is 3. The van der Waals surface area contributed by atoms with E-state index in [-0.39, 0.29) is 17.9 Å². The number of benzene rings is 1. The van der Waals surface area contributed by atoms with Crippen molar-refractivity contribution in [3.63, 3.8) is 0 Å². The third-order valence-electron chi connectivity index (χ3n) is 5.61. The number of ether oxygens (including phenoxy) is 2. The zero-order valence-electron chi connectivity index (χ0n) is 14.0.